The summed E-state index contributed by atoms with van der Waals surface area (Å²) in [4.78, 5) is 51.4. The number of aliphatic hydroxyl groups excluding tert-OH is 3. The zero-order valence-corrected chi connectivity index (χ0v) is 32.0. The minimum Gasteiger partial charge on any atom is -0.545 e. The number of benzene rings is 2. The topological polar surface area (TPSA) is 203 Å². The lowest BCUT2D eigenvalue weighted by molar-refractivity contribution is -0.858. The van der Waals surface area contributed by atoms with Gasteiger partial charge in [0, 0.05) is 25.2 Å². The number of aromatic carboxylic acids is 1. The molecule has 3 rings (SSSR count). The highest BCUT2D eigenvalue weighted by Crippen LogP contribution is 2.18. The molecule has 0 radical (unpaired) electrons. The van der Waals surface area contributed by atoms with Gasteiger partial charge in [-0.25, -0.2) is 14.4 Å². The van der Waals surface area contributed by atoms with Gasteiger partial charge < -0.3 is 63.8 Å². The number of hydrogen-bond acceptors (Lipinski definition) is 15. The number of carbonyl (C=O) groups is 4. The molecule has 0 aromatic heterocycles. The molecule has 0 saturated carbocycles. The van der Waals surface area contributed by atoms with Crippen molar-refractivity contribution in [2.75, 3.05) is 135 Å². The van der Waals surface area contributed by atoms with E-state index >= 15 is 0 Å². The number of nitrogens with one attached hydrogen (secondary N) is 1. The molecule has 0 bridgehead atoms. The maximum Gasteiger partial charge on any atom is 0.346 e. The summed E-state index contributed by atoms with van der Waals surface area (Å²) >= 11 is 0. The molecule has 0 spiro atoms. The first kappa shape index (κ1) is 50.3. The van der Waals surface area contributed by atoms with Gasteiger partial charge in [-0.2, -0.15) is 0 Å². The first-order valence-corrected chi connectivity index (χ1v) is 16.7. The Balaban J connectivity index is 0. The molecule has 1 heterocycles. The number of ether oxygens (including phenoxy) is 4. The molecule has 0 saturated heterocycles. The monoisotopic (exact) mass is 740 g/mol. The Morgan fingerprint density at radius 1 is 0.654 bits per heavy atom. The molecule has 16 heteroatoms. The number of quaternary nitrogens is 1. The number of rotatable bonds is 17. The number of aliphatic hydroxyl groups is 3. The maximum atomic E-state index is 11.3. The Bertz CT molecular complexity index is 1180. The number of carbonyl (C=O) groups excluding carboxylic acids is 4. The van der Waals surface area contributed by atoms with Gasteiger partial charge in [0.1, 0.15) is 13.2 Å². The average molecular weight is 741 g/mol. The van der Waals surface area contributed by atoms with Gasteiger partial charge in [-0.1, -0.05) is 30.3 Å². The van der Waals surface area contributed by atoms with E-state index in [1.54, 1.807) is 24.3 Å². The number of nitrogens with zero attached hydrogens (tertiary/aromatic N) is 3. The number of likely N-dealkylation sites (N-methyl/N-ethyl adjacent to an activating group) is 4. The van der Waals surface area contributed by atoms with E-state index in [0.29, 0.717) is 11.1 Å². The van der Waals surface area contributed by atoms with Crippen molar-refractivity contribution in [3.05, 3.63) is 70.8 Å². The van der Waals surface area contributed by atoms with Crippen molar-refractivity contribution >= 4 is 23.9 Å². The lowest BCUT2D eigenvalue weighted by Crippen LogP contribution is -3.06. The second-order valence-electron chi connectivity index (χ2n) is 12.0. The van der Waals surface area contributed by atoms with Crippen LogP contribution in [0.4, 0.5) is 0 Å². The van der Waals surface area contributed by atoms with E-state index in [2.05, 4.69) is 80.6 Å². The molecular formula is C36H60N4O12. The molecule has 1 aliphatic rings. The minimum atomic E-state index is -1.44. The molecule has 2 aromatic rings. The number of carboxylic acid groups (broad SMARTS) is 1. The van der Waals surface area contributed by atoms with Gasteiger partial charge in [-0.3, -0.25) is 0 Å². The van der Waals surface area contributed by atoms with Crippen LogP contribution < -0.4 is 10.0 Å². The van der Waals surface area contributed by atoms with Gasteiger partial charge >= 0.3 is 17.9 Å². The Morgan fingerprint density at radius 3 is 1.42 bits per heavy atom. The van der Waals surface area contributed by atoms with Crippen LogP contribution in [0.1, 0.15) is 41.4 Å². The summed E-state index contributed by atoms with van der Waals surface area (Å²) in [5.74, 6) is -3.33. The van der Waals surface area contributed by atoms with Crippen LogP contribution in [0, 0.1) is 0 Å². The third-order valence-corrected chi connectivity index (χ3v) is 6.14. The summed E-state index contributed by atoms with van der Waals surface area (Å²) in [5.41, 5.74) is 0.418. The summed E-state index contributed by atoms with van der Waals surface area (Å²) in [6.07, 6.45) is 0. The molecule has 1 aliphatic heterocycles. The van der Waals surface area contributed by atoms with Crippen molar-refractivity contribution in [1.29, 1.82) is 0 Å². The summed E-state index contributed by atoms with van der Waals surface area (Å²) in [6.45, 7) is 6.79. The van der Waals surface area contributed by atoms with E-state index in [-0.39, 0.29) is 37.6 Å². The van der Waals surface area contributed by atoms with E-state index in [0.717, 1.165) is 52.6 Å². The Kier molecular flexibility index (Phi) is 30.8. The summed E-state index contributed by atoms with van der Waals surface area (Å²) in [6, 6.07) is 12.1. The van der Waals surface area contributed by atoms with Gasteiger partial charge in [-0.15, -0.1) is 0 Å². The fourth-order valence-corrected chi connectivity index (χ4v) is 3.31. The Labute approximate surface area is 308 Å². The number of cyclic esters (lactones) is 2. The Morgan fingerprint density at radius 2 is 1.06 bits per heavy atom. The predicted octanol–water partition coefficient (Wildman–Crippen LogP) is -2.00. The van der Waals surface area contributed by atoms with Gasteiger partial charge in [0.15, 0.2) is 0 Å². The van der Waals surface area contributed by atoms with Gasteiger partial charge in [0.25, 0.3) is 0 Å². The van der Waals surface area contributed by atoms with E-state index in [1.165, 1.54) is 29.2 Å². The zero-order chi connectivity index (χ0) is 39.9. The van der Waals surface area contributed by atoms with Crippen LogP contribution in [-0.2, 0) is 18.9 Å². The second kappa shape index (κ2) is 31.9. The van der Waals surface area contributed by atoms with Gasteiger partial charge in [0.05, 0.1) is 83.0 Å². The first-order chi connectivity index (χ1) is 24.6. The fourth-order valence-electron chi connectivity index (χ4n) is 3.31. The van der Waals surface area contributed by atoms with Crippen LogP contribution in [0.25, 0.3) is 0 Å². The smallest absolute Gasteiger partial charge is 0.346 e. The normalized spacial score (nSPS) is 11.3. The number of carboxylic acids is 1. The van der Waals surface area contributed by atoms with Crippen molar-refractivity contribution in [3.63, 3.8) is 0 Å². The predicted molar refractivity (Wildman–Crippen MR) is 193 cm³/mol. The number of fused-ring (bicyclic) bond motifs is 1. The quantitative estimate of drug-likeness (QED) is 0.0788. The SMILES string of the molecule is CN(C)CCOCCN(C)C.CN(C)CCOCC[NH+](C)C.O=C([O-])c1ccccc1C(=O)OCCO.O=C1OC(=O)c2ccccc21.OCCO. The van der Waals surface area contributed by atoms with E-state index in [1.807, 2.05) is 0 Å². The summed E-state index contributed by atoms with van der Waals surface area (Å²) in [7, 11) is 16.6. The van der Waals surface area contributed by atoms with Crippen molar-refractivity contribution in [2.24, 2.45) is 0 Å². The molecule has 296 valence electrons. The lowest BCUT2D eigenvalue weighted by atomic mass is 10.1. The molecule has 0 unspecified atom stereocenters. The maximum absolute atomic E-state index is 11.3. The van der Waals surface area contributed by atoms with Crippen molar-refractivity contribution in [3.8, 4) is 0 Å². The van der Waals surface area contributed by atoms with E-state index < -0.39 is 23.9 Å². The van der Waals surface area contributed by atoms with Crippen LogP contribution in [0.2, 0.25) is 0 Å². The molecule has 4 N–H and O–H groups in total. The van der Waals surface area contributed by atoms with Gasteiger partial charge in [0.2, 0.25) is 0 Å². The van der Waals surface area contributed by atoms with E-state index in [9.17, 15) is 24.3 Å². The second-order valence-corrected chi connectivity index (χ2v) is 12.0. The highest BCUT2D eigenvalue weighted by Gasteiger charge is 2.28. The standard InChI is InChI=1S/C10H10O5.2C8H20N2O.C8H4O3.C2H6O2/c11-5-6-15-10(14)8-4-2-1-3-7(8)9(12)13;2*1-9(2)5-7-11-8-6-10(3)4;9-7-5-3-1-2-4-6(5)8(10)11-7;3-1-2-4/h1-4,11H,5-6H2,(H,12,13);2*5-8H2,1-4H3;1-4H;3-4H,1-2H2. The summed E-state index contributed by atoms with van der Waals surface area (Å²) < 4.78 is 19.7. The molecule has 16 nitrogen and oxygen atoms in total. The molecule has 0 aliphatic carbocycles. The number of hydrogen-bond donors (Lipinski definition) is 4. The van der Waals surface area contributed by atoms with E-state index in [4.69, 9.17) is 24.8 Å². The molecule has 0 atom stereocenters. The third-order valence-electron chi connectivity index (χ3n) is 6.14. The van der Waals surface area contributed by atoms with Crippen LogP contribution >= 0.6 is 0 Å². The first-order valence-electron chi connectivity index (χ1n) is 16.7. The summed E-state index contributed by atoms with van der Waals surface area (Å²) in [5, 5.41) is 34.3. The van der Waals surface area contributed by atoms with Crippen LogP contribution in [0.15, 0.2) is 48.5 Å². The molecule has 0 fully saturated rings. The van der Waals surface area contributed by atoms with Crippen LogP contribution in [0.5, 0.6) is 0 Å². The van der Waals surface area contributed by atoms with Gasteiger partial charge in [-0.05, 0) is 60.5 Å². The molecule has 52 heavy (non-hydrogen) atoms. The third kappa shape index (κ3) is 26.9. The molecule has 2 aromatic carbocycles. The molecular weight excluding hydrogens is 680 g/mol. The average Bonchev–Trinajstić information content (AvgIpc) is 3.39. The Hall–Kier alpha value is -3.84. The lowest BCUT2D eigenvalue weighted by Gasteiger charge is -2.12. The fraction of sp³-hybridized carbons (Fsp3) is 0.556. The van der Waals surface area contributed by atoms with Crippen LogP contribution in [-0.4, -0.2) is 189 Å². The van der Waals surface area contributed by atoms with Crippen molar-refractivity contribution in [2.45, 2.75) is 0 Å². The zero-order valence-electron chi connectivity index (χ0n) is 32.0. The van der Waals surface area contributed by atoms with Crippen molar-refractivity contribution in [1.82, 2.24) is 14.7 Å². The molecule has 0 amide bonds. The highest BCUT2D eigenvalue weighted by molar-refractivity contribution is 6.14. The van der Waals surface area contributed by atoms with Crippen LogP contribution in [0.3, 0.4) is 0 Å². The van der Waals surface area contributed by atoms with Crippen molar-refractivity contribution < 1.29 is 63.5 Å². The largest absolute Gasteiger partial charge is 0.545 e. The highest BCUT2D eigenvalue weighted by atomic mass is 16.6. The minimum absolute atomic E-state index is 0.0778. The number of esters is 3.